The second kappa shape index (κ2) is 6.21. The van der Waals surface area contributed by atoms with Crippen LogP contribution in [0.5, 0.6) is 5.75 Å². The minimum absolute atomic E-state index is 0.116. The minimum Gasteiger partial charge on any atom is -0.507 e. The molecule has 0 aliphatic heterocycles. The first-order valence-corrected chi connectivity index (χ1v) is 6.74. The number of aromatic hydroxyl groups is 1. The molecule has 1 heterocycles. The van der Waals surface area contributed by atoms with Crippen molar-refractivity contribution in [3.63, 3.8) is 0 Å². The molecule has 0 aliphatic carbocycles. The van der Waals surface area contributed by atoms with Crippen molar-refractivity contribution in [3.8, 4) is 17.0 Å². The van der Waals surface area contributed by atoms with Gasteiger partial charge in [0.25, 0.3) is 0 Å². The van der Waals surface area contributed by atoms with Crippen LogP contribution in [-0.2, 0) is 0 Å². The summed E-state index contributed by atoms with van der Waals surface area (Å²) in [6.07, 6.45) is 1.69. The van der Waals surface area contributed by atoms with Gasteiger partial charge < -0.3 is 10.8 Å². The van der Waals surface area contributed by atoms with Crippen molar-refractivity contribution in [1.82, 2.24) is 10.2 Å². The van der Waals surface area contributed by atoms with Crippen molar-refractivity contribution in [2.24, 2.45) is 5.10 Å². The molecule has 0 unspecified atom stereocenters. The predicted octanol–water partition coefficient (Wildman–Crippen LogP) is 2.65. The van der Waals surface area contributed by atoms with Gasteiger partial charge in [0, 0.05) is 17.8 Å². The molecule has 6 heteroatoms. The molecule has 2 rings (SSSR count). The second-order valence-corrected chi connectivity index (χ2v) is 4.83. The number of para-hydroxylation sites is 1. The van der Waals surface area contributed by atoms with Gasteiger partial charge in [-0.2, -0.15) is 5.10 Å². The van der Waals surface area contributed by atoms with Crippen molar-refractivity contribution in [2.75, 3.05) is 10.7 Å². The van der Waals surface area contributed by atoms with E-state index in [1.165, 1.54) is 0 Å². The van der Waals surface area contributed by atoms with Gasteiger partial charge >= 0.3 is 0 Å². The van der Waals surface area contributed by atoms with E-state index in [1.54, 1.807) is 35.5 Å². The van der Waals surface area contributed by atoms with Gasteiger partial charge in [0.2, 0.25) is 0 Å². The Bertz CT molecular complexity index is 654. The number of phenolic OH excluding ortho intramolecular Hbond substituents is 1. The molecule has 110 valence electrons. The fourth-order valence-corrected chi connectivity index (χ4v) is 1.99. The van der Waals surface area contributed by atoms with E-state index in [-0.39, 0.29) is 11.8 Å². The molecular formula is C15H19N5O. The van der Waals surface area contributed by atoms with Crippen LogP contribution in [0.4, 0.5) is 11.5 Å². The number of benzene rings is 1. The van der Waals surface area contributed by atoms with Crippen LogP contribution in [0.25, 0.3) is 11.3 Å². The highest BCUT2D eigenvalue weighted by Crippen LogP contribution is 2.31. The van der Waals surface area contributed by atoms with Crippen molar-refractivity contribution in [3.05, 3.63) is 30.3 Å². The fraction of sp³-hybridized carbons (Fsp3) is 0.267. The average Bonchev–Trinajstić information content (AvgIpc) is 2.46. The summed E-state index contributed by atoms with van der Waals surface area (Å²) in [6, 6.07) is 8.87. The molecule has 3 N–H and O–H groups in total. The average molecular weight is 285 g/mol. The molecule has 0 atom stereocenters. The Hall–Kier alpha value is -2.63. The number of phenols is 1. The van der Waals surface area contributed by atoms with Gasteiger partial charge in [-0.05, 0) is 39.0 Å². The van der Waals surface area contributed by atoms with E-state index >= 15 is 0 Å². The molecule has 0 amide bonds. The van der Waals surface area contributed by atoms with Crippen molar-refractivity contribution in [2.45, 2.75) is 26.8 Å². The van der Waals surface area contributed by atoms with Crippen LogP contribution in [0.1, 0.15) is 20.8 Å². The summed E-state index contributed by atoms with van der Waals surface area (Å²) >= 11 is 0. The van der Waals surface area contributed by atoms with E-state index in [0.29, 0.717) is 22.8 Å². The van der Waals surface area contributed by atoms with Gasteiger partial charge in [-0.25, -0.2) is 0 Å². The van der Waals surface area contributed by atoms with Crippen LogP contribution in [0, 0.1) is 0 Å². The highest BCUT2D eigenvalue weighted by molar-refractivity contribution is 5.74. The Morgan fingerprint density at radius 2 is 2.00 bits per heavy atom. The second-order valence-electron chi connectivity index (χ2n) is 4.83. The molecule has 0 radical (unpaired) electrons. The number of aromatic nitrogens is 2. The zero-order valence-electron chi connectivity index (χ0n) is 12.4. The zero-order chi connectivity index (χ0) is 15.4. The zero-order valence-corrected chi connectivity index (χ0v) is 12.4. The highest BCUT2D eigenvalue weighted by atomic mass is 16.3. The lowest BCUT2D eigenvalue weighted by molar-refractivity contribution is 0.477. The standard InChI is InChI=1S/C15H19N5O/c1-4-17-20(10(2)3)13-9-12(18-19-15(13)16)11-7-5-6-8-14(11)21/h4-10,21H,1-3H3,(H2,16,19)/b17-4-. The number of nitrogens with two attached hydrogens (primary N) is 1. The SMILES string of the molecule is C/C=N\N(c1cc(-c2ccccc2O)nnc1N)C(C)C. The Balaban J connectivity index is 2.54. The van der Waals surface area contributed by atoms with Crippen LogP contribution in [0.3, 0.4) is 0 Å². The van der Waals surface area contributed by atoms with E-state index in [1.807, 2.05) is 26.8 Å². The van der Waals surface area contributed by atoms with Crippen LogP contribution >= 0.6 is 0 Å². The molecule has 0 bridgehead atoms. The largest absolute Gasteiger partial charge is 0.507 e. The van der Waals surface area contributed by atoms with E-state index in [4.69, 9.17) is 5.73 Å². The Morgan fingerprint density at radius 1 is 1.29 bits per heavy atom. The van der Waals surface area contributed by atoms with Crippen LogP contribution in [0.15, 0.2) is 35.4 Å². The molecule has 1 aromatic heterocycles. The van der Waals surface area contributed by atoms with Gasteiger partial charge in [0.1, 0.15) is 11.4 Å². The third kappa shape index (κ3) is 3.10. The number of anilines is 2. The maximum Gasteiger partial charge on any atom is 0.171 e. The first kappa shape index (κ1) is 14.8. The fourth-order valence-electron chi connectivity index (χ4n) is 1.99. The lowest BCUT2D eigenvalue weighted by atomic mass is 10.1. The Labute approximate surface area is 123 Å². The molecule has 2 aromatic rings. The van der Waals surface area contributed by atoms with Crippen molar-refractivity contribution in [1.29, 1.82) is 0 Å². The molecule has 6 nitrogen and oxygen atoms in total. The summed E-state index contributed by atoms with van der Waals surface area (Å²) in [5.41, 5.74) is 7.74. The summed E-state index contributed by atoms with van der Waals surface area (Å²) in [4.78, 5) is 0. The third-order valence-corrected chi connectivity index (χ3v) is 2.96. The lowest BCUT2D eigenvalue weighted by Gasteiger charge is -2.24. The Morgan fingerprint density at radius 3 is 2.62 bits per heavy atom. The van der Waals surface area contributed by atoms with Gasteiger partial charge in [0.05, 0.1) is 5.69 Å². The van der Waals surface area contributed by atoms with Crippen LogP contribution < -0.4 is 10.7 Å². The van der Waals surface area contributed by atoms with E-state index < -0.39 is 0 Å². The molecule has 0 saturated carbocycles. The lowest BCUT2D eigenvalue weighted by Crippen LogP contribution is -2.26. The predicted molar refractivity (Wildman–Crippen MR) is 85.3 cm³/mol. The smallest absolute Gasteiger partial charge is 0.171 e. The van der Waals surface area contributed by atoms with Gasteiger partial charge in [-0.3, -0.25) is 5.01 Å². The van der Waals surface area contributed by atoms with Gasteiger partial charge in [0.15, 0.2) is 5.82 Å². The number of hydrogen-bond donors (Lipinski definition) is 2. The molecule has 0 aliphatic rings. The maximum atomic E-state index is 9.93. The summed E-state index contributed by atoms with van der Waals surface area (Å²) in [5, 5.41) is 24.1. The molecule has 0 spiro atoms. The van der Waals surface area contributed by atoms with Crippen LogP contribution in [-0.4, -0.2) is 27.6 Å². The summed E-state index contributed by atoms with van der Waals surface area (Å²) in [5.74, 6) is 0.450. The molecule has 0 saturated heterocycles. The maximum absolute atomic E-state index is 9.93. The molecule has 0 fully saturated rings. The van der Waals surface area contributed by atoms with Gasteiger partial charge in [-0.1, -0.05) is 12.1 Å². The normalized spacial score (nSPS) is 11.2. The van der Waals surface area contributed by atoms with E-state index in [0.717, 1.165) is 0 Å². The van der Waals surface area contributed by atoms with Crippen molar-refractivity contribution < 1.29 is 5.11 Å². The molecule has 1 aromatic carbocycles. The molecule has 21 heavy (non-hydrogen) atoms. The Kier molecular flexibility index (Phi) is 4.37. The first-order chi connectivity index (χ1) is 10.0. The minimum atomic E-state index is 0.116. The van der Waals surface area contributed by atoms with E-state index in [9.17, 15) is 5.11 Å². The summed E-state index contributed by atoms with van der Waals surface area (Å²) < 4.78 is 0. The topological polar surface area (TPSA) is 87.6 Å². The number of hydrogen-bond acceptors (Lipinski definition) is 6. The van der Waals surface area contributed by atoms with Gasteiger partial charge in [-0.15, -0.1) is 10.2 Å². The van der Waals surface area contributed by atoms with E-state index in [2.05, 4.69) is 15.3 Å². The quantitative estimate of drug-likeness (QED) is 0.666. The first-order valence-electron chi connectivity index (χ1n) is 6.74. The highest BCUT2D eigenvalue weighted by Gasteiger charge is 2.16. The number of nitrogen functional groups attached to an aromatic ring is 1. The van der Waals surface area contributed by atoms with Crippen LogP contribution in [0.2, 0.25) is 0 Å². The monoisotopic (exact) mass is 285 g/mol. The molecular weight excluding hydrogens is 266 g/mol. The summed E-state index contributed by atoms with van der Waals surface area (Å²) in [6.45, 7) is 5.85. The number of hydrazone groups is 1. The van der Waals surface area contributed by atoms with Crippen molar-refractivity contribution >= 4 is 17.7 Å². The summed E-state index contributed by atoms with van der Waals surface area (Å²) in [7, 11) is 0. The number of rotatable bonds is 4. The number of nitrogens with zero attached hydrogens (tertiary/aromatic N) is 4. The third-order valence-electron chi connectivity index (χ3n) is 2.96.